The molecule has 1 fully saturated rings. The average molecular weight is 593 g/mol. The van der Waals surface area contributed by atoms with Crippen LogP contribution in [0.5, 0.6) is 5.88 Å². The molecule has 0 unspecified atom stereocenters. The molecule has 4 heterocycles. The van der Waals surface area contributed by atoms with Crippen LogP contribution in [0, 0.1) is 6.92 Å². The zero-order valence-corrected chi connectivity index (χ0v) is 21.7. The van der Waals surface area contributed by atoms with E-state index in [2.05, 4.69) is 24.6 Å². The lowest BCUT2D eigenvalue weighted by Crippen LogP contribution is -2.47. The molecular weight excluding hydrogens is 569 g/mol. The minimum absolute atomic E-state index is 0.0455. The van der Waals surface area contributed by atoms with E-state index >= 15 is 0 Å². The van der Waals surface area contributed by atoms with Crippen molar-refractivity contribution in [2.24, 2.45) is 0 Å². The van der Waals surface area contributed by atoms with E-state index in [1.54, 1.807) is 6.92 Å². The van der Waals surface area contributed by atoms with Crippen LogP contribution in [0.2, 0.25) is 0 Å². The highest BCUT2D eigenvalue weighted by atomic mass is 32.1. The van der Waals surface area contributed by atoms with Crippen LogP contribution in [0.25, 0.3) is 0 Å². The molecule has 1 N–H and O–H groups in total. The van der Waals surface area contributed by atoms with Gasteiger partial charge in [-0.15, -0.1) is 0 Å². The summed E-state index contributed by atoms with van der Waals surface area (Å²) < 4.78 is 99.7. The Morgan fingerprint density at radius 3 is 2.50 bits per heavy atom. The van der Waals surface area contributed by atoms with Crippen molar-refractivity contribution in [1.82, 2.24) is 24.2 Å². The molecule has 0 saturated carbocycles. The number of likely N-dealkylation sites (tertiary alicyclic amines) is 1. The van der Waals surface area contributed by atoms with Crippen molar-refractivity contribution >= 4 is 23.1 Å². The number of anilines is 1. The van der Waals surface area contributed by atoms with Crippen LogP contribution in [-0.2, 0) is 12.6 Å². The van der Waals surface area contributed by atoms with Gasteiger partial charge in [-0.05, 0) is 30.9 Å². The van der Waals surface area contributed by atoms with Crippen LogP contribution < -0.4 is 10.1 Å². The normalized spacial score (nSPS) is 18.5. The number of aromatic nitrogens is 4. The van der Waals surface area contributed by atoms with Crippen LogP contribution in [0.4, 0.5) is 36.4 Å². The second kappa shape index (κ2) is 12.0. The quantitative estimate of drug-likeness (QED) is 0.358. The monoisotopic (exact) mass is 592 g/mol. The van der Waals surface area contributed by atoms with E-state index in [1.807, 2.05) is 0 Å². The van der Waals surface area contributed by atoms with Gasteiger partial charge in [0, 0.05) is 43.2 Å². The molecule has 0 spiro atoms. The first-order chi connectivity index (χ1) is 18.8. The van der Waals surface area contributed by atoms with Crippen molar-refractivity contribution in [3.05, 3.63) is 58.2 Å². The van der Waals surface area contributed by atoms with Gasteiger partial charge in [0.2, 0.25) is 5.88 Å². The molecule has 0 aliphatic carbocycles. The number of piperidine rings is 1. The standard InChI is InChI=1S/C24H23F7N6O2S/c1-13-21(18(40-36-13)8-15-10-33-19(11-32-15)24(29,30)31)22(38)35-14-2-3-20(34-9-14)39-17-4-6-37(12-16(17)25)7-5-23(26,27)28/h2-3,9-11,16-17H,4-8,12H2,1H3,(H,35,38)/t16-,17-/m0/s1. The van der Waals surface area contributed by atoms with Gasteiger partial charge in [0.25, 0.3) is 5.91 Å². The first-order valence-electron chi connectivity index (χ1n) is 12.0. The number of ether oxygens (including phenoxy) is 1. The zero-order chi connectivity index (χ0) is 29.1. The van der Waals surface area contributed by atoms with Gasteiger partial charge in [0.15, 0.2) is 5.69 Å². The summed E-state index contributed by atoms with van der Waals surface area (Å²) in [4.78, 5) is 26.1. The molecule has 216 valence electrons. The van der Waals surface area contributed by atoms with Gasteiger partial charge in [-0.1, -0.05) is 0 Å². The molecule has 1 amide bonds. The molecule has 0 aromatic carbocycles. The molecule has 0 radical (unpaired) electrons. The van der Waals surface area contributed by atoms with E-state index in [-0.39, 0.29) is 49.6 Å². The lowest BCUT2D eigenvalue weighted by atomic mass is 10.1. The number of halogens is 7. The fraction of sp³-hybridized carbons (Fsp3) is 0.458. The SMILES string of the molecule is Cc1nsc(Cc2cnc(C(F)(F)F)cn2)c1C(=O)Nc1ccc(O[C@H]2CCN(CCC(F)(F)F)C[C@@H]2F)nc1. The van der Waals surface area contributed by atoms with Crippen LogP contribution in [-0.4, -0.2) is 68.2 Å². The molecule has 0 bridgehead atoms. The van der Waals surface area contributed by atoms with Crippen molar-refractivity contribution in [2.75, 3.05) is 25.0 Å². The highest BCUT2D eigenvalue weighted by molar-refractivity contribution is 7.06. The number of carbonyl (C=O) groups excluding carboxylic acids is 1. The number of hydrogen-bond acceptors (Lipinski definition) is 8. The van der Waals surface area contributed by atoms with Crippen LogP contribution in [0.15, 0.2) is 30.7 Å². The smallest absolute Gasteiger partial charge is 0.434 e. The molecule has 4 rings (SSSR count). The van der Waals surface area contributed by atoms with Gasteiger partial charge in [-0.3, -0.25) is 14.7 Å². The Labute approximate surface area is 227 Å². The predicted octanol–water partition coefficient (Wildman–Crippen LogP) is 5.24. The van der Waals surface area contributed by atoms with Crippen LogP contribution in [0.3, 0.4) is 0 Å². The van der Waals surface area contributed by atoms with Gasteiger partial charge in [0.05, 0.1) is 41.5 Å². The molecule has 3 aromatic heterocycles. The number of nitrogens with zero attached hydrogens (tertiary/aromatic N) is 5. The van der Waals surface area contributed by atoms with Crippen molar-refractivity contribution < 1.29 is 40.3 Å². The number of aryl methyl sites for hydroxylation is 1. The number of alkyl halides is 7. The van der Waals surface area contributed by atoms with Gasteiger partial charge in [-0.2, -0.15) is 30.7 Å². The van der Waals surface area contributed by atoms with Crippen molar-refractivity contribution in [1.29, 1.82) is 0 Å². The van der Waals surface area contributed by atoms with Gasteiger partial charge < -0.3 is 10.1 Å². The maximum atomic E-state index is 14.5. The van der Waals surface area contributed by atoms with E-state index in [0.29, 0.717) is 22.5 Å². The van der Waals surface area contributed by atoms with Crippen LogP contribution >= 0.6 is 11.5 Å². The summed E-state index contributed by atoms with van der Waals surface area (Å²) >= 11 is 1.01. The molecule has 1 aliphatic rings. The number of hydrogen-bond donors (Lipinski definition) is 1. The molecule has 8 nitrogen and oxygen atoms in total. The zero-order valence-electron chi connectivity index (χ0n) is 20.9. The molecule has 3 aromatic rings. The fourth-order valence-corrected chi connectivity index (χ4v) is 4.91. The van der Waals surface area contributed by atoms with E-state index in [9.17, 15) is 35.5 Å². The Morgan fingerprint density at radius 1 is 1.12 bits per heavy atom. The fourth-order valence-electron chi connectivity index (χ4n) is 4.02. The van der Waals surface area contributed by atoms with E-state index in [1.165, 1.54) is 23.2 Å². The Balaban J connectivity index is 1.33. The van der Waals surface area contributed by atoms with Crippen molar-refractivity contribution in [3.63, 3.8) is 0 Å². The first kappa shape index (κ1) is 29.6. The number of amides is 1. The third-order valence-electron chi connectivity index (χ3n) is 6.04. The number of pyridine rings is 1. The second-order valence-electron chi connectivity index (χ2n) is 9.10. The topological polar surface area (TPSA) is 93.1 Å². The molecule has 16 heteroatoms. The lowest BCUT2D eigenvalue weighted by molar-refractivity contribution is -0.141. The summed E-state index contributed by atoms with van der Waals surface area (Å²) in [6, 6.07) is 2.91. The lowest BCUT2D eigenvalue weighted by Gasteiger charge is -2.34. The molecule has 2 atom stereocenters. The Bertz CT molecular complexity index is 1300. The number of nitrogens with one attached hydrogen (secondary N) is 1. The van der Waals surface area contributed by atoms with Crippen molar-refractivity contribution in [3.8, 4) is 5.88 Å². The summed E-state index contributed by atoms with van der Waals surface area (Å²) in [5.74, 6) is -0.434. The Kier molecular flexibility index (Phi) is 8.87. The molecule has 40 heavy (non-hydrogen) atoms. The summed E-state index contributed by atoms with van der Waals surface area (Å²) in [5, 5.41) is 2.66. The average Bonchev–Trinajstić information content (AvgIpc) is 3.24. The highest BCUT2D eigenvalue weighted by Gasteiger charge is 2.34. The summed E-state index contributed by atoms with van der Waals surface area (Å²) in [6.07, 6.45) is -9.13. The summed E-state index contributed by atoms with van der Waals surface area (Å²) in [5.41, 5.74) is 0.0571. The predicted molar refractivity (Wildman–Crippen MR) is 130 cm³/mol. The molecule has 1 aliphatic heterocycles. The maximum Gasteiger partial charge on any atom is 0.434 e. The number of carbonyl (C=O) groups is 1. The summed E-state index contributed by atoms with van der Waals surface area (Å²) in [7, 11) is 0. The minimum atomic E-state index is -4.61. The van der Waals surface area contributed by atoms with E-state index < -0.39 is 42.7 Å². The first-order valence-corrected chi connectivity index (χ1v) is 12.8. The maximum absolute atomic E-state index is 14.5. The molecular formula is C24H23F7N6O2S. The Hall–Kier alpha value is -3.40. The van der Waals surface area contributed by atoms with E-state index in [4.69, 9.17) is 4.74 Å². The highest BCUT2D eigenvalue weighted by Crippen LogP contribution is 2.28. The van der Waals surface area contributed by atoms with Crippen molar-refractivity contribution in [2.45, 2.75) is 50.8 Å². The van der Waals surface area contributed by atoms with Crippen LogP contribution in [0.1, 0.15) is 45.2 Å². The van der Waals surface area contributed by atoms with Gasteiger partial charge in [-0.25, -0.2) is 14.4 Å². The van der Waals surface area contributed by atoms with E-state index in [0.717, 1.165) is 17.7 Å². The second-order valence-corrected chi connectivity index (χ2v) is 9.96. The van der Waals surface area contributed by atoms with Gasteiger partial charge in [0.1, 0.15) is 12.3 Å². The largest absolute Gasteiger partial charge is 0.471 e. The molecule has 1 saturated heterocycles. The summed E-state index contributed by atoms with van der Waals surface area (Å²) in [6.45, 7) is 1.42. The Morgan fingerprint density at radius 2 is 1.90 bits per heavy atom. The number of rotatable bonds is 8. The third-order valence-corrected chi connectivity index (χ3v) is 6.98. The minimum Gasteiger partial charge on any atom is -0.471 e. The third kappa shape index (κ3) is 7.84. The van der Waals surface area contributed by atoms with Gasteiger partial charge >= 0.3 is 12.4 Å².